The highest BCUT2D eigenvalue weighted by Crippen LogP contribution is 2.48. The highest BCUT2D eigenvalue weighted by Gasteiger charge is 2.49. The van der Waals surface area contributed by atoms with Gasteiger partial charge in [0.25, 0.3) is 0 Å². The van der Waals surface area contributed by atoms with Crippen molar-refractivity contribution in [2.24, 2.45) is 16.2 Å². The van der Waals surface area contributed by atoms with Crippen LogP contribution in [0.4, 0.5) is 13.2 Å². The summed E-state index contributed by atoms with van der Waals surface area (Å²) in [6, 6.07) is 13.0. The third-order valence-corrected chi connectivity index (χ3v) is 7.52. The average molecular weight is 592 g/mol. The van der Waals surface area contributed by atoms with Crippen molar-refractivity contribution >= 4 is 16.9 Å². The Kier molecular flexibility index (Phi) is 9.38. The predicted octanol–water partition coefficient (Wildman–Crippen LogP) is 9.42. The number of benzene rings is 2. The molecule has 1 atom stereocenters. The number of carbonyl (C=O) groups is 1. The zero-order chi connectivity index (χ0) is 31.7. The van der Waals surface area contributed by atoms with Gasteiger partial charge in [-0.25, -0.2) is 0 Å². The van der Waals surface area contributed by atoms with Crippen LogP contribution in [0.3, 0.4) is 0 Å². The number of fused-ring (bicyclic) bond motifs is 1. The molecule has 0 aliphatic heterocycles. The van der Waals surface area contributed by atoms with Gasteiger partial charge < -0.3 is 18.7 Å². The molecule has 0 spiro atoms. The molecule has 0 amide bonds. The van der Waals surface area contributed by atoms with Gasteiger partial charge in [0.1, 0.15) is 22.7 Å². The molecule has 0 aliphatic carbocycles. The standard InChI is InChI=1S/C33H44F3NO5/c1-29(2,3)21-32(9,30(4,5)6)28(38)41-31(7,8)17-18-37(10)42-23-15-16-24(27(20-23)40-33(34,35)36)26-19-22-13-11-12-14-25(22)39-26/h11-16,19-20H,17-18,21H2,1-10H3. The molecule has 1 heterocycles. The Labute approximate surface area is 247 Å². The van der Waals surface area contributed by atoms with Gasteiger partial charge in [0, 0.05) is 31.5 Å². The molecule has 6 nitrogen and oxygen atoms in total. The Morgan fingerprint density at radius 3 is 2.12 bits per heavy atom. The summed E-state index contributed by atoms with van der Waals surface area (Å²) in [4.78, 5) is 19.3. The van der Waals surface area contributed by atoms with E-state index < -0.39 is 23.1 Å². The van der Waals surface area contributed by atoms with Crippen molar-refractivity contribution in [1.29, 1.82) is 0 Å². The lowest BCUT2D eigenvalue weighted by Crippen LogP contribution is -2.47. The summed E-state index contributed by atoms with van der Waals surface area (Å²) < 4.78 is 56.1. The van der Waals surface area contributed by atoms with Gasteiger partial charge in [-0.1, -0.05) is 59.7 Å². The maximum atomic E-state index is 13.5. The van der Waals surface area contributed by atoms with E-state index in [-0.39, 0.29) is 33.9 Å². The second-order valence-corrected chi connectivity index (χ2v) is 14.0. The van der Waals surface area contributed by atoms with Crippen molar-refractivity contribution in [1.82, 2.24) is 5.06 Å². The Bertz CT molecular complexity index is 1350. The number of para-hydroxylation sites is 1. The van der Waals surface area contributed by atoms with Crippen LogP contribution in [0, 0.1) is 16.2 Å². The van der Waals surface area contributed by atoms with Gasteiger partial charge >= 0.3 is 12.3 Å². The first-order valence-corrected chi connectivity index (χ1v) is 14.1. The number of carbonyl (C=O) groups excluding carboxylic acids is 1. The third-order valence-electron chi connectivity index (χ3n) is 7.52. The van der Waals surface area contributed by atoms with Crippen molar-refractivity contribution < 1.29 is 36.7 Å². The van der Waals surface area contributed by atoms with Crippen LogP contribution < -0.4 is 9.57 Å². The first-order chi connectivity index (χ1) is 19.1. The topological polar surface area (TPSA) is 61.1 Å². The Morgan fingerprint density at radius 2 is 1.55 bits per heavy atom. The fourth-order valence-corrected chi connectivity index (χ4v) is 4.86. The number of esters is 1. The molecule has 2 aromatic carbocycles. The second-order valence-electron chi connectivity index (χ2n) is 14.0. The quantitative estimate of drug-likeness (QED) is 0.173. The van der Waals surface area contributed by atoms with E-state index in [1.165, 1.54) is 17.2 Å². The first kappa shape index (κ1) is 33.3. The number of alkyl halides is 3. The molecule has 3 rings (SSSR count). The van der Waals surface area contributed by atoms with Gasteiger partial charge in [0.15, 0.2) is 5.75 Å². The molecule has 42 heavy (non-hydrogen) atoms. The zero-order valence-corrected chi connectivity index (χ0v) is 26.4. The molecule has 0 bridgehead atoms. The molecule has 9 heteroatoms. The first-order valence-electron chi connectivity index (χ1n) is 14.1. The molecule has 3 aromatic rings. The molecule has 0 saturated carbocycles. The lowest BCUT2D eigenvalue weighted by molar-refractivity contribution is -0.274. The highest BCUT2D eigenvalue weighted by atomic mass is 19.4. The summed E-state index contributed by atoms with van der Waals surface area (Å²) >= 11 is 0. The lowest BCUT2D eigenvalue weighted by Gasteiger charge is -2.45. The average Bonchev–Trinajstić information content (AvgIpc) is 3.24. The maximum Gasteiger partial charge on any atom is 0.573 e. The summed E-state index contributed by atoms with van der Waals surface area (Å²) in [6.07, 6.45) is -3.82. The number of furan rings is 1. The number of ether oxygens (including phenoxy) is 2. The lowest BCUT2D eigenvalue weighted by atomic mass is 9.61. The summed E-state index contributed by atoms with van der Waals surface area (Å²) in [5, 5.41) is 2.25. The largest absolute Gasteiger partial charge is 0.573 e. The van der Waals surface area contributed by atoms with E-state index in [2.05, 4.69) is 25.5 Å². The number of hydrogen-bond donors (Lipinski definition) is 0. The SMILES string of the molecule is CN(CCC(C)(C)OC(=O)C(C)(CC(C)(C)C)C(C)(C)C)Oc1ccc(-c2cc3ccccc3o2)c(OC(F)(F)F)c1. The summed E-state index contributed by atoms with van der Waals surface area (Å²) in [5.41, 5.74) is -1.22. The van der Waals surface area contributed by atoms with Gasteiger partial charge in [-0.2, -0.15) is 0 Å². The maximum absolute atomic E-state index is 13.5. The van der Waals surface area contributed by atoms with Crippen molar-refractivity contribution in [3.05, 3.63) is 48.5 Å². The molecule has 0 radical (unpaired) electrons. The number of hydroxylamine groups is 2. The Morgan fingerprint density at radius 1 is 0.905 bits per heavy atom. The van der Waals surface area contributed by atoms with Crippen LogP contribution in [0.1, 0.15) is 75.2 Å². The van der Waals surface area contributed by atoms with Crippen molar-refractivity contribution in [2.75, 3.05) is 13.6 Å². The molecule has 0 aliphatic rings. The van der Waals surface area contributed by atoms with Crippen LogP contribution in [-0.2, 0) is 9.53 Å². The Balaban J connectivity index is 1.72. The minimum absolute atomic E-state index is 0.0755. The summed E-state index contributed by atoms with van der Waals surface area (Å²) in [5.74, 6) is -0.305. The second kappa shape index (κ2) is 11.8. The van der Waals surface area contributed by atoms with E-state index >= 15 is 0 Å². The normalized spacial score (nSPS) is 14.6. The molecule has 0 N–H and O–H groups in total. The minimum Gasteiger partial charge on any atom is -0.459 e. The highest BCUT2D eigenvalue weighted by molar-refractivity contribution is 5.84. The fourth-order valence-electron chi connectivity index (χ4n) is 4.86. The number of hydrogen-bond acceptors (Lipinski definition) is 6. The number of nitrogens with zero attached hydrogens (tertiary/aromatic N) is 1. The van der Waals surface area contributed by atoms with Gasteiger partial charge in [-0.15, -0.1) is 18.2 Å². The van der Waals surface area contributed by atoms with Crippen LogP contribution >= 0.6 is 0 Å². The summed E-state index contributed by atoms with van der Waals surface area (Å²) in [7, 11) is 1.66. The van der Waals surface area contributed by atoms with Crippen molar-refractivity contribution in [3.8, 4) is 22.8 Å². The van der Waals surface area contributed by atoms with Gasteiger partial charge in [0.05, 0.1) is 11.0 Å². The number of rotatable bonds is 10. The minimum atomic E-state index is -4.91. The van der Waals surface area contributed by atoms with E-state index in [1.54, 1.807) is 31.3 Å². The van der Waals surface area contributed by atoms with Crippen LogP contribution in [0.5, 0.6) is 11.5 Å². The molecular formula is C33H44F3NO5. The van der Waals surface area contributed by atoms with Crippen molar-refractivity contribution in [3.63, 3.8) is 0 Å². The third kappa shape index (κ3) is 8.66. The van der Waals surface area contributed by atoms with Gasteiger partial charge in [0.2, 0.25) is 0 Å². The molecular weight excluding hydrogens is 547 g/mol. The van der Waals surface area contributed by atoms with Crippen molar-refractivity contribution in [2.45, 2.75) is 87.1 Å². The molecule has 0 saturated heterocycles. The van der Waals surface area contributed by atoms with Crippen LogP contribution in [0.25, 0.3) is 22.3 Å². The number of halogens is 3. The Hall–Kier alpha value is -3.20. The van der Waals surface area contributed by atoms with Crippen LogP contribution in [0.2, 0.25) is 0 Å². The van der Waals surface area contributed by atoms with Crippen LogP contribution in [-0.4, -0.2) is 36.6 Å². The van der Waals surface area contributed by atoms with E-state index in [9.17, 15) is 18.0 Å². The summed E-state index contributed by atoms with van der Waals surface area (Å²) in [6.45, 7) is 18.4. The molecule has 1 aromatic heterocycles. The van der Waals surface area contributed by atoms with Gasteiger partial charge in [-0.05, 0) is 62.3 Å². The van der Waals surface area contributed by atoms with E-state index in [4.69, 9.17) is 14.0 Å². The smallest absolute Gasteiger partial charge is 0.459 e. The van der Waals surface area contributed by atoms with Gasteiger partial charge in [-0.3, -0.25) is 4.79 Å². The fraction of sp³-hybridized carbons (Fsp3) is 0.545. The van der Waals surface area contributed by atoms with E-state index in [0.29, 0.717) is 25.0 Å². The molecule has 1 unspecified atom stereocenters. The molecule has 232 valence electrons. The predicted molar refractivity (Wildman–Crippen MR) is 158 cm³/mol. The van der Waals surface area contributed by atoms with E-state index in [1.807, 2.05) is 53.7 Å². The zero-order valence-electron chi connectivity index (χ0n) is 26.4. The van der Waals surface area contributed by atoms with Crippen LogP contribution in [0.15, 0.2) is 52.9 Å². The van der Waals surface area contributed by atoms with E-state index in [0.717, 1.165) is 5.39 Å². The monoisotopic (exact) mass is 591 g/mol. The molecule has 0 fully saturated rings.